The molecule has 2 N–H and O–H groups in total. The van der Waals surface area contributed by atoms with E-state index >= 15 is 0 Å². The van der Waals surface area contributed by atoms with Crippen molar-refractivity contribution in [3.8, 4) is 0 Å². The van der Waals surface area contributed by atoms with Gasteiger partial charge < -0.3 is 20.0 Å². The third-order valence-electron chi connectivity index (χ3n) is 5.37. The zero-order valence-electron chi connectivity index (χ0n) is 20.3. The number of nitrogens with zero attached hydrogens (tertiary/aromatic N) is 2. The molecule has 0 saturated carbocycles. The Morgan fingerprint density at radius 2 is 0.676 bits per heavy atom. The smallest absolute Gasteiger partial charge is 0.481 e. The van der Waals surface area contributed by atoms with Gasteiger partial charge in [-0.05, 0) is 48.5 Å². The molecule has 0 aliphatic rings. The van der Waals surface area contributed by atoms with Crippen LogP contribution in [0.4, 0.5) is 22.7 Å². The number of para-hydroxylation sites is 4. The average molecular weight is 541 g/mol. The summed E-state index contributed by atoms with van der Waals surface area (Å²) in [4.78, 5) is 25.5. The maximum Gasteiger partial charge on any atom is 2.00 e. The van der Waals surface area contributed by atoms with Crippen molar-refractivity contribution in [2.45, 2.75) is 12.8 Å². The Hall–Kier alpha value is -4.09. The van der Waals surface area contributed by atoms with E-state index in [0.29, 0.717) is 13.1 Å². The third kappa shape index (κ3) is 9.82. The Morgan fingerprint density at radius 3 is 0.865 bits per heavy atom. The summed E-state index contributed by atoms with van der Waals surface area (Å²) >= 11 is 0. The van der Waals surface area contributed by atoms with Gasteiger partial charge in [-0.25, -0.2) is 0 Å². The number of carboxylic acid groups (broad SMARTS) is 2. The van der Waals surface area contributed by atoms with Crippen molar-refractivity contribution in [1.29, 1.82) is 0 Å². The van der Waals surface area contributed by atoms with Crippen LogP contribution >= 0.6 is 0 Å². The summed E-state index contributed by atoms with van der Waals surface area (Å²) in [5, 5.41) is 17.7. The quantitative estimate of drug-likeness (QED) is 0.221. The molecule has 6 nitrogen and oxygen atoms in total. The molecule has 0 spiro atoms. The second kappa shape index (κ2) is 15.8. The molecule has 4 rings (SSSR count). The van der Waals surface area contributed by atoms with Gasteiger partial charge >= 0.3 is 28.4 Å². The molecular weight excluding hydrogens is 511 g/mol. The first-order chi connectivity index (χ1) is 17.5. The molecule has 0 aliphatic heterocycles. The first-order valence-corrected chi connectivity index (χ1v) is 11.7. The zero-order valence-corrected chi connectivity index (χ0v) is 21.3. The molecule has 0 atom stereocenters. The van der Waals surface area contributed by atoms with Gasteiger partial charge in [0.25, 0.3) is 0 Å². The monoisotopic (exact) mass is 540 g/mol. The topological polar surface area (TPSA) is 81.1 Å². The second-order valence-corrected chi connectivity index (χ2v) is 7.93. The molecule has 0 radical (unpaired) electrons. The van der Waals surface area contributed by atoms with E-state index in [1.807, 2.05) is 131 Å². The van der Waals surface area contributed by atoms with Crippen molar-refractivity contribution in [2.24, 2.45) is 0 Å². The van der Waals surface area contributed by atoms with Crippen LogP contribution in [0.5, 0.6) is 0 Å². The largest absolute Gasteiger partial charge is 2.00 e. The zero-order chi connectivity index (χ0) is 25.6. The Bertz CT molecular complexity index is 1020. The molecule has 37 heavy (non-hydrogen) atoms. The second-order valence-electron chi connectivity index (χ2n) is 7.93. The van der Waals surface area contributed by atoms with Crippen LogP contribution in [-0.2, 0) is 26.1 Å². The molecule has 0 aliphatic carbocycles. The molecule has 0 fully saturated rings. The van der Waals surface area contributed by atoms with E-state index in [9.17, 15) is 9.59 Å². The molecule has 0 amide bonds. The molecule has 192 valence electrons. The predicted octanol–water partition coefficient (Wildman–Crippen LogP) is 6.60. The summed E-state index contributed by atoms with van der Waals surface area (Å²) in [6, 6.07) is 39.2. The summed E-state index contributed by atoms with van der Waals surface area (Å²) in [6.07, 6.45) is 0.230. The van der Waals surface area contributed by atoms with Crippen molar-refractivity contribution >= 4 is 34.7 Å². The van der Waals surface area contributed by atoms with Crippen molar-refractivity contribution < 1.29 is 36.3 Å². The maximum absolute atomic E-state index is 10.7. The van der Waals surface area contributed by atoms with E-state index in [4.69, 9.17) is 10.2 Å². The van der Waals surface area contributed by atoms with E-state index < -0.39 is 11.9 Å². The van der Waals surface area contributed by atoms with E-state index in [2.05, 4.69) is 0 Å². The third-order valence-corrected chi connectivity index (χ3v) is 5.37. The van der Waals surface area contributed by atoms with Gasteiger partial charge in [-0.1, -0.05) is 72.8 Å². The van der Waals surface area contributed by atoms with Gasteiger partial charge in [-0.2, -0.15) is 0 Å². The summed E-state index contributed by atoms with van der Waals surface area (Å²) < 4.78 is 0. The number of carboxylic acids is 2. The number of benzene rings is 4. The van der Waals surface area contributed by atoms with Gasteiger partial charge in [-0.3, -0.25) is 9.59 Å². The fraction of sp³-hybridized carbons (Fsp3) is 0.133. The standard InChI is InChI=1S/2C15H15NO2.Ni/c2*17-15(18)11-12-16(13-7-3-1-4-8-13)14-9-5-2-6-10-14;/h2*1-10H,11-12H2,(H,17,18);/q;;+2. The maximum atomic E-state index is 10.7. The molecule has 4 aromatic carbocycles. The number of anilines is 4. The van der Waals surface area contributed by atoms with Crippen molar-refractivity contribution in [3.05, 3.63) is 121 Å². The van der Waals surface area contributed by atoms with Gasteiger partial charge in [0.2, 0.25) is 0 Å². The summed E-state index contributed by atoms with van der Waals surface area (Å²) in [6.45, 7) is 0.923. The van der Waals surface area contributed by atoms with Crippen LogP contribution in [0, 0.1) is 0 Å². The van der Waals surface area contributed by atoms with Gasteiger partial charge in [-0.15, -0.1) is 0 Å². The van der Waals surface area contributed by atoms with Gasteiger partial charge in [0.05, 0.1) is 12.8 Å². The summed E-state index contributed by atoms with van der Waals surface area (Å²) in [7, 11) is 0. The minimum absolute atomic E-state index is 0. The van der Waals surface area contributed by atoms with Crippen LogP contribution in [0.2, 0.25) is 0 Å². The molecule has 0 unspecified atom stereocenters. The number of hydrogen-bond acceptors (Lipinski definition) is 4. The van der Waals surface area contributed by atoms with E-state index in [1.54, 1.807) is 0 Å². The van der Waals surface area contributed by atoms with Crippen LogP contribution in [0.1, 0.15) is 12.8 Å². The van der Waals surface area contributed by atoms with Crippen LogP contribution in [-0.4, -0.2) is 35.2 Å². The molecule has 0 aromatic heterocycles. The van der Waals surface area contributed by atoms with Gasteiger partial charge in [0.1, 0.15) is 0 Å². The van der Waals surface area contributed by atoms with Crippen molar-refractivity contribution in [3.63, 3.8) is 0 Å². The Labute approximate surface area is 227 Å². The Kier molecular flexibility index (Phi) is 12.5. The molecular formula is C30H30N2NiO4+2. The molecule has 0 heterocycles. The molecule has 0 saturated heterocycles. The number of carbonyl (C=O) groups is 2. The number of aliphatic carboxylic acids is 2. The van der Waals surface area contributed by atoms with E-state index in [0.717, 1.165) is 22.7 Å². The molecule has 4 aromatic rings. The first-order valence-electron chi connectivity index (χ1n) is 11.7. The predicted molar refractivity (Wildman–Crippen MR) is 144 cm³/mol. The SMILES string of the molecule is O=C(O)CCN(c1ccccc1)c1ccccc1.O=C(O)CCN(c1ccccc1)c1ccccc1.[Ni+2]. The Balaban J connectivity index is 0.000000253. The van der Waals surface area contributed by atoms with E-state index in [1.165, 1.54) is 0 Å². The number of rotatable bonds is 10. The van der Waals surface area contributed by atoms with Gasteiger partial charge in [0.15, 0.2) is 0 Å². The molecule has 0 bridgehead atoms. The minimum Gasteiger partial charge on any atom is -0.481 e. The number of hydrogen-bond donors (Lipinski definition) is 2. The minimum atomic E-state index is -0.785. The summed E-state index contributed by atoms with van der Waals surface area (Å²) in [5.41, 5.74) is 4.02. The Morgan fingerprint density at radius 1 is 0.459 bits per heavy atom. The van der Waals surface area contributed by atoms with Crippen molar-refractivity contribution in [2.75, 3.05) is 22.9 Å². The van der Waals surface area contributed by atoms with Crippen LogP contribution < -0.4 is 9.80 Å². The van der Waals surface area contributed by atoms with Crippen molar-refractivity contribution in [1.82, 2.24) is 0 Å². The normalized spacial score (nSPS) is 9.73. The van der Waals surface area contributed by atoms with Crippen LogP contribution in [0.3, 0.4) is 0 Å². The fourth-order valence-electron chi connectivity index (χ4n) is 3.66. The fourth-order valence-corrected chi connectivity index (χ4v) is 3.66. The summed E-state index contributed by atoms with van der Waals surface area (Å²) in [5.74, 6) is -1.57. The van der Waals surface area contributed by atoms with Crippen LogP contribution in [0.15, 0.2) is 121 Å². The van der Waals surface area contributed by atoms with E-state index in [-0.39, 0.29) is 29.3 Å². The molecule has 7 heteroatoms. The van der Waals surface area contributed by atoms with Gasteiger partial charge in [0, 0.05) is 35.8 Å². The average Bonchev–Trinajstić information content (AvgIpc) is 2.91. The first kappa shape index (κ1) is 29.1. The van der Waals surface area contributed by atoms with Crippen LogP contribution in [0.25, 0.3) is 0 Å².